The lowest BCUT2D eigenvalue weighted by Crippen LogP contribution is -2.14. The third-order valence-corrected chi connectivity index (χ3v) is 2.52. The molecule has 1 aromatic heterocycles. The van der Waals surface area contributed by atoms with Gasteiger partial charge in [0.15, 0.2) is 0 Å². The van der Waals surface area contributed by atoms with Gasteiger partial charge in [-0.25, -0.2) is 4.98 Å². The minimum atomic E-state index is -0.828. The molecule has 0 aliphatic rings. The predicted octanol–water partition coefficient (Wildman–Crippen LogP) is 1.66. The first-order valence-corrected chi connectivity index (χ1v) is 4.14. The highest BCUT2D eigenvalue weighted by atomic mass is 32.2. The summed E-state index contributed by atoms with van der Waals surface area (Å²) < 4.78 is 0.831. The second-order valence-electron chi connectivity index (χ2n) is 2.56. The monoisotopic (exact) mass is 175 g/mol. The fourth-order valence-electron chi connectivity index (χ4n) is 0.548. The SMILES string of the molecule is CC(C)(O)c1ncc(S)s1. The Morgan fingerprint density at radius 1 is 1.70 bits per heavy atom. The van der Waals surface area contributed by atoms with Crippen LogP contribution in [0.5, 0.6) is 0 Å². The van der Waals surface area contributed by atoms with Gasteiger partial charge < -0.3 is 5.11 Å². The Hall–Kier alpha value is -0.0600. The van der Waals surface area contributed by atoms with Crippen LogP contribution in [0, 0.1) is 0 Å². The molecule has 2 nitrogen and oxygen atoms in total. The van der Waals surface area contributed by atoms with Gasteiger partial charge >= 0.3 is 0 Å². The van der Waals surface area contributed by atoms with Crippen molar-refractivity contribution in [2.45, 2.75) is 23.7 Å². The highest BCUT2D eigenvalue weighted by Crippen LogP contribution is 2.26. The second kappa shape index (κ2) is 2.53. The molecule has 10 heavy (non-hydrogen) atoms. The molecular formula is C6H9NOS2. The van der Waals surface area contributed by atoms with Crippen molar-refractivity contribution in [3.05, 3.63) is 11.2 Å². The summed E-state index contributed by atoms with van der Waals surface area (Å²) in [4.78, 5) is 3.98. The number of aliphatic hydroxyl groups is 1. The second-order valence-corrected chi connectivity index (χ2v) is 4.38. The van der Waals surface area contributed by atoms with Gasteiger partial charge in [-0.3, -0.25) is 0 Å². The summed E-state index contributed by atoms with van der Waals surface area (Å²) in [6, 6.07) is 0. The van der Waals surface area contributed by atoms with Crippen molar-refractivity contribution in [1.82, 2.24) is 4.98 Å². The first-order valence-electron chi connectivity index (χ1n) is 2.88. The molecule has 0 amide bonds. The highest BCUT2D eigenvalue weighted by Gasteiger charge is 2.19. The van der Waals surface area contributed by atoms with Gasteiger partial charge in [0.05, 0.1) is 10.4 Å². The highest BCUT2D eigenvalue weighted by molar-refractivity contribution is 7.82. The molecule has 0 bridgehead atoms. The molecule has 1 N–H and O–H groups in total. The number of nitrogens with zero attached hydrogens (tertiary/aromatic N) is 1. The van der Waals surface area contributed by atoms with Crippen LogP contribution in [0.1, 0.15) is 18.9 Å². The van der Waals surface area contributed by atoms with Crippen LogP contribution in [0.3, 0.4) is 0 Å². The van der Waals surface area contributed by atoms with Crippen molar-refractivity contribution in [3.8, 4) is 0 Å². The lowest BCUT2D eigenvalue weighted by atomic mass is 10.2. The third-order valence-electron chi connectivity index (χ3n) is 1.02. The van der Waals surface area contributed by atoms with E-state index in [0.717, 1.165) is 4.21 Å². The van der Waals surface area contributed by atoms with E-state index in [4.69, 9.17) is 0 Å². The van der Waals surface area contributed by atoms with E-state index in [1.807, 2.05) is 0 Å². The molecule has 1 rings (SSSR count). The Labute approximate surface area is 69.3 Å². The lowest BCUT2D eigenvalue weighted by molar-refractivity contribution is 0.0783. The van der Waals surface area contributed by atoms with Gasteiger partial charge in [0.25, 0.3) is 0 Å². The zero-order valence-electron chi connectivity index (χ0n) is 5.83. The number of thiol groups is 1. The van der Waals surface area contributed by atoms with Crippen molar-refractivity contribution >= 4 is 24.0 Å². The number of hydrogen-bond donors (Lipinski definition) is 2. The number of hydrogen-bond acceptors (Lipinski definition) is 4. The summed E-state index contributed by atoms with van der Waals surface area (Å²) in [6.07, 6.45) is 1.64. The molecule has 0 aliphatic heterocycles. The molecule has 4 heteroatoms. The van der Waals surface area contributed by atoms with Crippen molar-refractivity contribution in [1.29, 1.82) is 0 Å². The Balaban J connectivity index is 2.96. The van der Waals surface area contributed by atoms with Crippen LogP contribution >= 0.6 is 24.0 Å². The largest absolute Gasteiger partial charge is 0.383 e. The summed E-state index contributed by atoms with van der Waals surface area (Å²) in [6.45, 7) is 3.41. The maximum atomic E-state index is 9.42. The molecule has 1 aromatic rings. The minimum absolute atomic E-state index is 0.706. The molecule has 0 aromatic carbocycles. The normalized spacial score (nSPS) is 12.0. The average molecular weight is 175 g/mol. The fraction of sp³-hybridized carbons (Fsp3) is 0.500. The zero-order valence-corrected chi connectivity index (χ0v) is 7.54. The molecule has 0 fully saturated rings. The number of thiazole rings is 1. The molecule has 0 unspecified atom stereocenters. The molecule has 0 radical (unpaired) electrons. The van der Waals surface area contributed by atoms with E-state index in [2.05, 4.69) is 17.6 Å². The Morgan fingerprint density at radius 3 is 2.50 bits per heavy atom. The molecular weight excluding hydrogens is 166 g/mol. The van der Waals surface area contributed by atoms with Crippen LogP contribution in [-0.4, -0.2) is 10.1 Å². The minimum Gasteiger partial charge on any atom is -0.383 e. The van der Waals surface area contributed by atoms with Crippen molar-refractivity contribution in [2.24, 2.45) is 0 Å². The molecule has 0 saturated heterocycles. The summed E-state index contributed by atoms with van der Waals surface area (Å²) >= 11 is 5.48. The Bertz CT molecular complexity index is 226. The van der Waals surface area contributed by atoms with Crippen LogP contribution in [0.15, 0.2) is 10.4 Å². The maximum absolute atomic E-state index is 9.42. The molecule has 0 saturated carbocycles. The zero-order chi connectivity index (χ0) is 7.78. The number of rotatable bonds is 1. The predicted molar refractivity (Wildman–Crippen MR) is 44.6 cm³/mol. The van der Waals surface area contributed by atoms with Crippen molar-refractivity contribution in [2.75, 3.05) is 0 Å². The lowest BCUT2D eigenvalue weighted by Gasteiger charge is -2.11. The summed E-state index contributed by atoms with van der Waals surface area (Å²) in [5.74, 6) is 0. The Morgan fingerprint density at radius 2 is 2.30 bits per heavy atom. The molecule has 56 valence electrons. The van der Waals surface area contributed by atoms with Gasteiger partial charge in [-0.05, 0) is 13.8 Å². The molecule has 0 atom stereocenters. The van der Waals surface area contributed by atoms with Crippen LogP contribution < -0.4 is 0 Å². The van der Waals surface area contributed by atoms with Gasteiger partial charge in [0, 0.05) is 0 Å². The average Bonchev–Trinajstić information content (AvgIpc) is 2.11. The van der Waals surface area contributed by atoms with Crippen molar-refractivity contribution in [3.63, 3.8) is 0 Å². The van der Waals surface area contributed by atoms with Gasteiger partial charge in [0.1, 0.15) is 10.6 Å². The van der Waals surface area contributed by atoms with Gasteiger partial charge in [-0.2, -0.15) is 0 Å². The maximum Gasteiger partial charge on any atom is 0.125 e. The van der Waals surface area contributed by atoms with E-state index in [-0.39, 0.29) is 0 Å². The van der Waals surface area contributed by atoms with E-state index in [0.29, 0.717) is 5.01 Å². The molecule has 0 aliphatic carbocycles. The van der Waals surface area contributed by atoms with Crippen molar-refractivity contribution < 1.29 is 5.11 Å². The first-order chi connectivity index (χ1) is 4.50. The molecule has 1 heterocycles. The quantitative estimate of drug-likeness (QED) is 0.636. The van der Waals surface area contributed by atoms with E-state index >= 15 is 0 Å². The standard InChI is InChI=1S/C6H9NOS2/c1-6(2,8)5-7-3-4(9)10-5/h3,8-9H,1-2H3. The summed E-state index contributed by atoms with van der Waals surface area (Å²) in [5, 5.41) is 10.1. The summed E-state index contributed by atoms with van der Waals surface area (Å²) in [5.41, 5.74) is -0.828. The number of aromatic nitrogens is 1. The van der Waals surface area contributed by atoms with Crippen LogP contribution in [0.4, 0.5) is 0 Å². The van der Waals surface area contributed by atoms with E-state index in [9.17, 15) is 5.11 Å². The van der Waals surface area contributed by atoms with E-state index in [1.165, 1.54) is 11.3 Å². The fourth-order valence-corrected chi connectivity index (χ4v) is 1.52. The van der Waals surface area contributed by atoms with Gasteiger partial charge in [-0.15, -0.1) is 24.0 Å². The third kappa shape index (κ3) is 1.71. The molecule has 0 spiro atoms. The van der Waals surface area contributed by atoms with Crippen LogP contribution in [0.25, 0.3) is 0 Å². The smallest absolute Gasteiger partial charge is 0.125 e. The summed E-state index contributed by atoms with van der Waals surface area (Å²) in [7, 11) is 0. The first kappa shape index (κ1) is 8.04. The topological polar surface area (TPSA) is 33.1 Å². The van der Waals surface area contributed by atoms with Crippen LogP contribution in [-0.2, 0) is 5.60 Å². The van der Waals surface area contributed by atoms with Gasteiger partial charge in [0.2, 0.25) is 0 Å². The van der Waals surface area contributed by atoms with E-state index < -0.39 is 5.60 Å². The van der Waals surface area contributed by atoms with E-state index in [1.54, 1.807) is 20.0 Å². The Kier molecular flexibility index (Phi) is 2.03. The van der Waals surface area contributed by atoms with Crippen LogP contribution in [0.2, 0.25) is 0 Å². The van der Waals surface area contributed by atoms with Gasteiger partial charge in [-0.1, -0.05) is 0 Å².